The molecule has 1 aromatic carbocycles. The van der Waals surface area contributed by atoms with Crippen molar-refractivity contribution in [1.29, 1.82) is 0 Å². The van der Waals surface area contributed by atoms with E-state index in [0.717, 1.165) is 54.0 Å². The predicted octanol–water partition coefficient (Wildman–Crippen LogP) is 3.29. The second kappa shape index (κ2) is 7.96. The Balaban J connectivity index is 1.40. The Morgan fingerprint density at radius 1 is 1.07 bits per heavy atom. The molecule has 0 saturated carbocycles. The van der Waals surface area contributed by atoms with E-state index in [-0.39, 0.29) is 5.91 Å². The minimum absolute atomic E-state index is 0.246. The van der Waals surface area contributed by atoms with Crippen molar-refractivity contribution >= 4 is 28.2 Å². The average molecular weight is 398 g/mol. The molecule has 4 aromatic rings. The molecule has 0 spiro atoms. The number of nitrogens with zero attached hydrogens (tertiary/aromatic N) is 3. The van der Waals surface area contributed by atoms with Crippen LogP contribution in [-0.2, 0) is 0 Å². The highest BCUT2D eigenvalue weighted by molar-refractivity contribution is 6.04. The topological polar surface area (TPSA) is 85.9 Å². The predicted molar refractivity (Wildman–Crippen MR) is 119 cm³/mol. The number of pyridine rings is 2. The molecule has 1 aliphatic heterocycles. The Hall–Kier alpha value is -3.71. The van der Waals surface area contributed by atoms with E-state index in [0.29, 0.717) is 11.4 Å². The van der Waals surface area contributed by atoms with E-state index in [1.54, 1.807) is 18.5 Å². The number of aromatic nitrogens is 3. The third-order valence-corrected chi connectivity index (χ3v) is 5.33. The van der Waals surface area contributed by atoms with Crippen molar-refractivity contribution in [3.05, 3.63) is 72.8 Å². The molecule has 150 valence electrons. The van der Waals surface area contributed by atoms with E-state index in [4.69, 9.17) is 0 Å². The van der Waals surface area contributed by atoms with Gasteiger partial charge in [-0.15, -0.1) is 0 Å². The molecule has 3 N–H and O–H groups in total. The van der Waals surface area contributed by atoms with Gasteiger partial charge in [0.1, 0.15) is 5.69 Å². The Bertz CT molecular complexity index is 1200. The zero-order valence-electron chi connectivity index (χ0n) is 16.4. The van der Waals surface area contributed by atoms with Gasteiger partial charge in [-0.1, -0.05) is 12.1 Å². The average Bonchev–Trinajstić information content (AvgIpc) is 3.28. The van der Waals surface area contributed by atoms with Crippen molar-refractivity contribution in [2.45, 2.75) is 0 Å². The molecule has 30 heavy (non-hydrogen) atoms. The van der Waals surface area contributed by atoms with E-state index in [1.165, 1.54) is 0 Å². The SMILES string of the molecule is O=C(Nc1cnccc1N1CCNCC1)c1cccc(-c2ccc3[nH]ccc3c2)n1. The molecule has 7 nitrogen and oxygen atoms in total. The van der Waals surface area contributed by atoms with Crippen LogP contribution < -0.4 is 15.5 Å². The quantitative estimate of drug-likeness (QED) is 0.491. The van der Waals surface area contributed by atoms with Crippen molar-refractivity contribution < 1.29 is 4.79 Å². The minimum atomic E-state index is -0.246. The number of hydrogen-bond donors (Lipinski definition) is 3. The van der Waals surface area contributed by atoms with Crippen LogP contribution in [0.25, 0.3) is 22.2 Å². The number of anilines is 2. The third-order valence-electron chi connectivity index (χ3n) is 5.33. The van der Waals surface area contributed by atoms with E-state index < -0.39 is 0 Å². The van der Waals surface area contributed by atoms with Gasteiger partial charge in [0.05, 0.1) is 23.3 Å². The normalized spacial score (nSPS) is 14.1. The van der Waals surface area contributed by atoms with Gasteiger partial charge in [-0.3, -0.25) is 9.78 Å². The highest BCUT2D eigenvalue weighted by atomic mass is 16.1. The lowest BCUT2D eigenvalue weighted by Crippen LogP contribution is -2.43. The smallest absolute Gasteiger partial charge is 0.274 e. The first-order chi connectivity index (χ1) is 14.8. The number of fused-ring (bicyclic) bond motifs is 1. The molecule has 0 radical (unpaired) electrons. The number of carbonyl (C=O) groups excluding carboxylic acids is 1. The zero-order chi connectivity index (χ0) is 20.3. The lowest BCUT2D eigenvalue weighted by atomic mass is 10.1. The van der Waals surface area contributed by atoms with Crippen LogP contribution in [0.4, 0.5) is 11.4 Å². The molecule has 1 aliphatic rings. The van der Waals surface area contributed by atoms with Gasteiger partial charge in [0, 0.05) is 55.0 Å². The fourth-order valence-electron chi connectivity index (χ4n) is 3.79. The fourth-order valence-corrected chi connectivity index (χ4v) is 3.79. The Morgan fingerprint density at radius 2 is 1.97 bits per heavy atom. The van der Waals surface area contributed by atoms with Gasteiger partial charge in [-0.05, 0) is 36.4 Å². The lowest BCUT2D eigenvalue weighted by molar-refractivity contribution is 0.102. The van der Waals surface area contributed by atoms with Crippen LogP contribution in [0.15, 0.2) is 67.1 Å². The van der Waals surface area contributed by atoms with E-state index in [9.17, 15) is 4.79 Å². The van der Waals surface area contributed by atoms with Crippen molar-refractivity contribution in [2.24, 2.45) is 0 Å². The van der Waals surface area contributed by atoms with Gasteiger partial charge in [0.2, 0.25) is 0 Å². The summed E-state index contributed by atoms with van der Waals surface area (Å²) < 4.78 is 0. The van der Waals surface area contributed by atoms with Crippen LogP contribution in [0.2, 0.25) is 0 Å². The van der Waals surface area contributed by atoms with Crippen LogP contribution in [0.3, 0.4) is 0 Å². The van der Waals surface area contributed by atoms with Crippen LogP contribution in [0.1, 0.15) is 10.5 Å². The van der Waals surface area contributed by atoms with E-state index >= 15 is 0 Å². The second-order valence-electron chi connectivity index (χ2n) is 7.27. The molecule has 5 rings (SSSR count). The first kappa shape index (κ1) is 18.3. The number of rotatable bonds is 4. The highest BCUT2D eigenvalue weighted by Crippen LogP contribution is 2.26. The Morgan fingerprint density at radius 3 is 2.87 bits per heavy atom. The standard InChI is InChI=1S/C23H22N6O/c30-23(28-21-15-25-8-7-22(21)29-12-10-24-11-13-29)20-3-1-2-19(27-20)16-4-5-18-17(14-16)6-9-26-18/h1-9,14-15,24,26H,10-13H2,(H,28,30). The number of carbonyl (C=O) groups is 1. The van der Waals surface area contributed by atoms with Crippen LogP contribution >= 0.6 is 0 Å². The first-order valence-corrected chi connectivity index (χ1v) is 10.0. The minimum Gasteiger partial charge on any atom is -0.367 e. The molecule has 0 atom stereocenters. The first-order valence-electron chi connectivity index (χ1n) is 10.0. The Kier molecular flexibility index (Phi) is 4.86. The number of nitrogens with one attached hydrogen (secondary N) is 3. The highest BCUT2D eigenvalue weighted by Gasteiger charge is 2.17. The molecule has 0 unspecified atom stereocenters. The van der Waals surface area contributed by atoms with Crippen molar-refractivity contribution in [3.63, 3.8) is 0 Å². The summed E-state index contributed by atoms with van der Waals surface area (Å²) in [7, 11) is 0. The van der Waals surface area contributed by atoms with Gasteiger partial charge in [-0.2, -0.15) is 0 Å². The van der Waals surface area contributed by atoms with Gasteiger partial charge in [0.25, 0.3) is 5.91 Å². The molecular weight excluding hydrogens is 376 g/mol. The number of piperazine rings is 1. The molecule has 1 saturated heterocycles. The summed E-state index contributed by atoms with van der Waals surface area (Å²) in [5.41, 5.74) is 4.86. The third kappa shape index (κ3) is 3.62. The molecule has 1 fully saturated rings. The summed E-state index contributed by atoms with van der Waals surface area (Å²) in [5, 5.41) is 7.45. The van der Waals surface area contributed by atoms with Crippen molar-refractivity contribution in [2.75, 3.05) is 36.4 Å². The zero-order valence-corrected chi connectivity index (χ0v) is 16.4. The van der Waals surface area contributed by atoms with Gasteiger partial charge in [-0.25, -0.2) is 4.98 Å². The monoisotopic (exact) mass is 398 g/mol. The lowest BCUT2D eigenvalue weighted by Gasteiger charge is -2.30. The second-order valence-corrected chi connectivity index (χ2v) is 7.27. The summed E-state index contributed by atoms with van der Waals surface area (Å²) in [4.78, 5) is 27.2. The number of hydrogen-bond acceptors (Lipinski definition) is 5. The Labute approximate surface area is 174 Å². The largest absolute Gasteiger partial charge is 0.367 e. The summed E-state index contributed by atoms with van der Waals surface area (Å²) in [6.07, 6.45) is 5.36. The summed E-state index contributed by atoms with van der Waals surface area (Å²) in [5.74, 6) is -0.246. The number of H-pyrrole nitrogens is 1. The maximum atomic E-state index is 13.0. The summed E-state index contributed by atoms with van der Waals surface area (Å²) in [6, 6.07) is 15.6. The van der Waals surface area contributed by atoms with Crippen molar-refractivity contribution in [1.82, 2.24) is 20.3 Å². The van der Waals surface area contributed by atoms with Crippen LogP contribution in [0.5, 0.6) is 0 Å². The molecular formula is C23H22N6O. The molecule has 0 bridgehead atoms. The maximum absolute atomic E-state index is 13.0. The maximum Gasteiger partial charge on any atom is 0.274 e. The summed E-state index contributed by atoms with van der Waals surface area (Å²) >= 11 is 0. The molecule has 4 heterocycles. The van der Waals surface area contributed by atoms with Crippen LogP contribution in [-0.4, -0.2) is 47.0 Å². The number of benzene rings is 1. The number of aromatic amines is 1. The van der Waals surface area contributed by atoms with Gasteiger partial charge in [0.15, 0.2) is 0 Å². The van der Waals surface area contributed by atoms with E-state index in [2.05, 4.69) is 36.6 Å². The van der Waals surface area contributed by atoms with Crippen LogP contribution in [0, 0.1) is 0 Å². The van der Waals surface area contributed by atoms with Gasteiger partial charge < -0.3 is 20.5 Å². The van der Waals surface area contributed by atoms with Crippen molar-refractivity contribution in [3.8, 4) is 11.3 Å². The summed E-state index contributed by atoms with van der Waals surface area (Å²) in [6.45, 7) is 3.63. The molecule has 3 aromatic heterocycles. The molecule has 7 heteroatoms. The van der Waals surface area contributed by atoms with E-state index in [1.807, 2.05) is 42.6 Å². The fraction of sp³-hybridized carbons (Fsp3) is 0.174. The molecule has 0 aliphatic carbocycles. The number of amides is 1. The van der Waals surface area contributed by atoms with Gasteiger partial charge >= 0.3 is 0 Å². The molecule has 1 amide bonds.